The number of esters is 4. The first-order valence-corrected chi connectivity index (χ1v) is 23.2. The molecule has 6 aromatic heterocycles. The summed E-state index contributed by atoms with van der Waals surface area (Å²) in [4.78, 5) is 53.0. The molecular weight excluding hydrogens is 877 g/mol. The summed E-state index contributed by atoms with van der Waals surface area (Å²) in [6.07, 6.45) is 0. The van der Waals surface area contributed by atoms with Crippen LogP contribution in [0.1, 0.15) is 94.1 Å². The number of pyridine rings is 4. The van der Waals surface area contributed by atoms with Gasteiger partial charge in [0.15, 0.2) is 0 Å². The van der Waals surface area contributed by atoms with Crippen molar-refractivity contribution in [3.05, 3.63) is 155 Å². The zero-order valence-corrected chi connectivity index (χ0v) is 40.7. The second-order valence-electron chi connectivity index (χ2n) is 20.1. The van der Waals surface area contributed by atoms with Crippen LogP contribution in [0, 0.1) is 0 Å². The minimum atomic E-state index is -0.564. The van der Waals surface area contributed by atoms with Gasteiger partial charge >= 0.3 is 23.9 Å². The molecule has 6 heterocycles. The highest BCUT2D eigenvalue weighted by molar-refractivity contribution is 6.33. The van der Waals surface area contributed by atoms with Gasteiger partial charge in [0.2, 0.25) is 0 Å². The van der Waals surface area contributed by atoms with Crippen LogP contribution in [0.15, 0.2) is 121 Å². The number of fused-ring (bicyclic) bond motifs is 12. The summed E-state index contributed by atoms with van der Waals surface area (Å²) < 4.78 is 25.0. The van der Waals surface area contributed by atoms with Crippen molar-refractivity contribution < 1.29 is 38.1 Å². The Hall–Kier alpha value is -8.24. The van der Waals surface area contributed by atoms with Gasteiger partial charge in [0.1, 0.15) is 22.3 Å². The second kappa shape index (κ2) is 15.6. The number of nitrogens with zero attached hydrogens (tertiary/aromatic N) is 2. The van der Waals surface area contributed by atoms with E-state index in [-0.39, 0.29) is 33.1 Å². The third-order valence-electron chi connectivity index (χ3n) is 14.2. The highest BCUT2D eigenvalue weighted by atomic mass is 16.5. The van der Waals surface area contributed by atoms with Crippen LogP contribution in [0.2, 0.25) is 0 Å². The van der Waals surface area contributed by atoms with Gasteiger partial charge in [-0.15, -0.1) is 0 Å². The van der Waals surface area contributed by atoms with Gasteiger partial charge in [-0.3, -0.25) is 0 Å². The lowest BCUT2D eigenvalue weighted by Gasteiger charge is -2.23. The van der Waals surface area contributed by atoms with E-state index in [1.165, 1.54) is 39.6 Å². The molecule has 6 aromatic carbocycles. The minimum Gasteiger partial charge on any atom is -0.465 e. The number of ether oxygens (including phenoxy) is 4. The van der Waals surface area contributed by atoms with Crippen LogP contribution in [-0.4, -0.2) is 61.1 Å². The number of hydrogen-bond acceptors (Lipinski definition) is 8. The van der Waals surface area contributed by atoms with Crippen molar-refractivity contribution in [3.63, 3.8) is 0 Å². The van der Waals surface area contributed by atoms with Gasteiger partial charge < -0.3 is 27.7 Å². The number of carbonyl (C=O) groups excluding carboxylic acids is 4. The van der Waals surface area contributed by atoms with Crippen LogP contribution in [0.5, 0.6) is 0 Å². The Morgan fingerprint density at radius 3 is 0.700 bits per heavy atom. The van der Waals surface area contributed by atoms with Crippen LogP contribution in [0.4, 0.5) is 0 Å². The van der Waals surface area contributed by atoms with Gasteiger partial charge in [-0.05, 0) is 67.8 Å². The number of carbonyl (C=O) groups is 4. The average Bonchev–Trinajstić information content (AvgIpc) is 3.93. The van der Waals surface area contributed by atoms with Crippen molar-refractivity contribution in [1.82, 2.24) is 8.80 Å². The van der Waals surface area contributed by atoms with Crippen molar-refractivity contribution in [2.45, 2.75) is 52.4 Å². The highest BCUT2D eigenvalue weighted by Gasteiger charge is 2.35. The Kier molecular flexibility index (Phi) is 9.90. The van der Waals surface area contributed by atoms with Crippen LogP contribution >= 0.6 is 0 Å². The quantitative estimate of drug-likeness (QED) is 0.0742. The lowest BCUT2D eigenvalue weighted by atomic mass is 9.84. The SMILES string of the molecule is COC(=O)c1c(C(=O)OC)c2c3ccccc3c3cc(C(C)(C)C)cc4c5ccccc5c1n2c43.COC(=O)c1c(C(=O)OC)c2c3ccccc3c3cc(C(C)(C)C)cc4c5ccccc5c1n2c43. The van der Waals surface area contributed by atoms with Gasteiger partial charge in [0.25, 0.3) is 0 Å². The summed E-state index contributed by atoms with van der Waals surface area (Å²) in [5.41, 5.74) is 7.82. The highest BCUT2D eigenvalue weighted by Crippen LogP contribution is 2.47. The third-order valence-corrected chi connectivity index (χ3v) is 14.2. The van der Waals surface area contributed by atoms with Crippen molar-refractivity contribution in [2.24, 2.45) is 0 Å². The molecule has 0 fully saturated rings. The zero-order valence-electron chi connectivity index (χ0n) is 40.7. The van der Waals surface area contributed by atoms with E-state index in [9.17, 15) is 19.2 Å². The molecule has 0 aliphatic heterocycles. The molecule has 348 valence electrons. The summed E-state index contributed by atoms with van der Waals surface area (Å²) in [7, 11) is 5.35. The van der Waals surface area contributed by atoms with Crippen LogP contribution in [0.3, 0.4) is 0 Å². The van der Waals surface area contributed by atoms with E-state index in [0.29, 0.717) is 22.1 Å². The number of rotatable bonds is 4. The summed E-state index contributed by atoms with van der Waals surface area (Å²) >= 11 is 0. The lowest BCUT2D eigenvalue weighted by Crippen LogP contribution is -2.11. The standard InChI is InChI=1S/2C30H25NO4/c2*1-30(2,3)16-14-21-17-10-6-8-12-19(17)26-23(28(32)34-4)24(29(33)35-5)27-20-13-9-7-11-18(20)22(15-16)25(21)31(26)27/h2*6-15H,1-5H3. The van der Waals surface area contributed by atoms with E-state index in [4.69, 9.17) is 18.9 Å². The molecule has 0 saturated heterocycles. The first kappa shape index (κ1) is 44.3. The molecule has 0 bridgehead atoms. The molecule has 0 aliphatic rings. The van der Waals surface area contributed by atoms with Crippen molar-refractivity contribution in [3.8, 4) is 0 Å². The maximum atomic E-state index is 13.2. The molecule has 0 aliphatic carbocycles. The van der Waals surface area contributed by atoms with Crippen molar-refractivity contribution >= 4 is 122 Å². The maximum absolute atomic E-state index is 13.2. The van der Waals surface area contributed by atoms with E-state index in [1.54, 1.807) is 0 Å². The molecule has 0 atom stereocenters. The fraction of sp³-hybridized carbons (Fsp3) is 0.200. The minimum absolute atomic E-state index is 0.0684. The molecule has 0 saturated carbocycles. The molecule has 0 N–H and O–H groups in total. The fourth-order valence-corrected chi connectivity index (χ4v) is 11.0. The van der Waals surface area contributed by atoms with Crippen LogP contribution in [0.25, 0.3) is 97.7 Å². The zero-order chi connectivity index (χ0) is 49.3. The van der Waals surface area contributed by atoms with Crippen LogP contribution in [-0.2, 0) is 29.8 Å². The van der Waals surface area contributed by atoms with Crippen LogP contribution < -0.4 is 0 Å². The molecule has 12 aromatic rings. The number of benzene rings is 6. The monoisotopic (exact) mass is 926 g/mol. The lowest BCUT2D eigenvalue weighted by molar-refractivity contribution is 0.0559. The average molecular weight is 927 g/mol. The normalized spacial score (nSPS) is 12.4. The predicted octanol–water partition coefficient (Wildman–Crippen LogP) is 13.7. The second-order valence-corrected chi connectivity index (χ2v) is 20.1. The molecule has 10 nitrogen and oxygen atoms in total. The first-order chi connectivity index (χ1) is 33.5. The molecular formula is C60H50N2O8. The Labute approximate surface area is 402 Å². The molecule has 70 heavy (non-hydrogen) atoms. The van der Waals surface area contributed by atoms with E-state index in [1.807, 2.05) is 72.8 Å². The van der Waals surface area contributed by atoms with Crippen molar-refractivity contribution in [2.75, 3.05) is 28.4 Å². The third kappa shape index (κ3) is 6.11. The van der Waals surface area contributed by atoms with Gasteiger partial charge in [0, 0.05) is 43.1 Å². The Morgan fingerprint density at radius 1 is 0.314 bits per heavy atom. The molecule has 0 amide bonds. The molecule has 10 heteroatoms. The molecule has 12 rings (SSSR count). The smallest absolute Gasteiger partial charge is 0.340 e. The van der Waals surface area contributed by atoms with E-state index in [0.717, 1.165) is 75.7 Å². The largest absolute Gasteiger partial charge is 0.465 e. The van der Waals surface area contributed by atoms with Gasteiger partial charge in [0.05, 0.1) is 61.5 Å². The maximum Gasteiger partial charge on any atom is 0.340 e. The summed E-state index contributed by atoms with van der Waals surface area (Å²) in [5.74, 6) is -2.26. The molecule has 0 unspecified atom stereocenters. The van der Waals surface area contributed by atoms with Gasteiger partial charge in [-0.1, -0.05) is 139 Å². The molecule has 0 spiro atoms. The summed E-state index contributed by atoms with van der Waals surface area (Å²) in [6, 6.07) is 41.1. The van der Waals surface area contributed by atoms with Gasteiger partial charge in [-0.2, -0.15) is 0 Å². The Morgan fingerprint density at radius 2 is 0.514 bits per heavy atom. The first-order valence-electron chi connectivity index (χ1n) is 23.2. The number of aromatic nitrogens is 2. The van der Waals surface area contributed by atoms with E-state index < -0.39 is 23.9 Å². The Bertz CT molecular complexity index is 3700. The number of methoxy groups -OCH3 is 4. The topological polar surface area (TPSA) is 114 Å². The molecule has 0 radical (unpaired) electrons. The van der Waals surface area contributed by atoms with E-state index in [2.05, 4.69) is 98.9 Å². The van der Waals surface area contributed by atoms with E-state index >= 15 is 0 Å². The summed E-state index contributed by atoms with van der Waals surface area (Å²) in [5, 5.41) is 11.9. The number of hydrogen-bond donors (Lipinski definition) is 0. The predicted molar refractivity (Wildman–Crippen MR) is 280 cm³/mol. The fourth-order valence-electron chi connectivity index (χ4n) is 11.0. The van der Waals surface area contributed by atoms with Gasteiger partial charge in [-0.25, -0.2) is 19.2 Å². The summed E-state index contributed by atoms with van der Waals surface area (Å²) in [6.45, 7) is 13.3. The van der Waals surface area contributed by atoms with Crippen molar-refractivity contribution in [1.29, 1.82) is 0 Å². The Balaban J connectivity index is 0.000000152.